The van der Waals surface area contributed by atoms with Crippen LogP contribution in [-0.2, 0) is 17.9 Å². The Morgan fingerprint density at radius 1 is 1.26 bits per heavy atom. The number of nitrogens with zero attached hydrogens (tertiary/aromatic N) is 3. The van der Waals surface area contributed by atoms with Gasteiger partial charge in [0.15, 0.2) is 11.6 Å². The van der Waals surface area contributed by atoms with Gasteiger partial charge in [0.05, 0.1) is 25.4 Å². The van der Waals surface area contributed by atoms with Gasteiger partial charge in [-0.3, -0.25) is 14.7 Å². The summed E-state index contributed by atoms with van der Waals surface area (Å²) < 4.78 is 18.8. The molecule has 0 unspecified atom stereocenters. The molecule has 2 saturated heterocycles. The first kappa shape index (κ1) is 17.9. The standard InChI is InChI=1S/C21H24FN3O2/c1-27-20-11-15(5-6-18(20)22)12-24-9-7-16-10-19(24)21(26)25(13-16)14-17-4-2-3-8-23-17/h2-6,8,11,16,19H,7,9-10,12-14H2,1H3/t16-,19+/m0/s1. The molecule has 1 aromatic heterocycles. The minimum Gasteiger partial charge on any atom is -0.494 e. The van der Waals surface area contributed by atoms with Crippen molar-refractivity contribution in [3.05, 3.63) is 59.7 Å². The second kappa shape index (κ2) is 7.64. The van der Waals surface area contributed by atoms with E-state index in [1.54, 1.807) is 18.3 Å². The Bertz CT molecular complexity index is 814. The van der Waals surface area contributed by atoms with Crippen molar-refractivity contribution in [3.8, 4) is 5.75 Å². The summed E-state index contributed by atoms with van der Waals surface area (Å²) in [6, 6.07) is 10.6. The highest BCUT2D eigenvalue weighted by Gasteiger charge is 2.41. The molecule has 0 radical (unpaired) electrons. The van der Waals surface area contributed by atoms with E-state index in [1.807, 2.05) is 23.1 Å². The van der Waals surface area contributed by atoms with E-state index in [2.05, 4.69) is 9.88 Å². The van der Waals surface area contributed by atoms with Crippen molar-refractivity contribution in [2.24, 2.45) is 5.92 Å². The van der Waals surface area contributed by atoms with Crippen LogP contribution in [0.5, 0.6) is 5.75 Å². The summed E-state index contributed by atoms with van der Waals surface area (Å²) in [6.07, 6.45) is 3.73. The van der Waals surface area contributed by atoms with Crippen LogP contribution < -0.4 is 4.74 Å². The molecule has 2 fully saturated rings. The van der Waals surface area contributed by atoms with Crippen molar-refractivity contribution >= 4 is 5.91 Å². The predicted octanol–water partition coefficient (Wildman–Crippen LogP) is 2.85. The van der Waals surface area contributed by atoms with Crippen LogP contribution in [0.3, 0.4) is 0 Å². The van der Waals surface area contributed by atoms with Crippen LogP contribution in [-0.4, -0.2) is 46.9 Å². The van der Waals surface area contributed by atoms with Crippen LogP contribution in [0, 0.1) is 11.7 Å². The normalized spacial score (nSPS) is 22.7. The molecule has 0 spiro atoms. The summed E-state index contributed by atoms with van der Waals surface area (Å²) >= 11 is 0. The van der Waals surface area contributed by atoms with Gasteiger partial charge in [0.1, 0.15) is 0 Å². The van der Waals surface area contributed by atoms with Crippen molar-refractivity contribution in [1.29, 1.82) is 0 Å². The second-order valence-electron chi connectivity index (χ2n) is 7.39. The van der Waals surface area contributed by atoms with E-state index in [4.69, 9.17) is 4.74 Å². The number of hydrogen-bond donors (Lipinski definition) is 0. The van der Waals surface area contributed by atoms with Gasteiger partial charge in [0.25, 0.3) is 0 Å². The van der Waals surface area contributed by atoms with E-state index in [-0.39, 0.29) is 23.5 Å². The fourth-order valence-electron chi connectivity index (χ4n) is 4.18. The predicted molar refractivity (Wildman–Crippen MR) is 99.5 cm³/mol. The molecule has 4 rings (SSSR count). The number of carbonyl (C=O) groups is 1. The van der Waals surface area contributed by atoms with Crippen LogP contribution >= 0.6 is 0 Å². The number of benzene rings is 1. The molecule has 0 aliphatic carbocycles. The molecule has 142 valence electrons. The lowest BCUT2D eigenvalue weighted by Gasteiger charge is -2.46. The van der Waals surface area contributed by atoms with Gasteiger partial charge >= 0.3 is 0 Å². The maximum atomic E-state index is 13.7. The smallest absolute Gasteiger partial charge is 0.240 e. The van der Waals surface area contributed by atoms with Crippen LogP contribution in [0.15, 0.2) is 42.6 Å². The van der Waals surface area contributed by atoms with Crippen LogP contribution in [0.4, 0.5) is 4.39 Å². The van der Waals surface area contributed by atoms with Gasteiger partial charge < -0.3 is 9.64 Å². The number of aromatic nitrogens is 1. The number of hydrogen-bond acceptors (Lipinski definition) is 4. The summed E-state index contributed by atoms with van der Waals surface area (Å²) in [6.45, 7) is 2.88. The molecule has 2 aliphatic rings. The first-order valence-corrected chi connectivity index (χ1v) is 9.39. The summed E-state index contributed by atoms with van der Waals surface area (Å²) in [5, 5.41) is 0. The molecule has 6 heteroatoms. The number of piperidine rings is 2. The molecule has 0 N–H and O–H groups in total. The van der Waals surface area contributed by atoms with Crippen LogP contribution in [0.25, 0.3) is 0 Å². The Morgan fingerprint density at radius 3 is 2.93 bits per heavy atom. The molecule has 27 heavy (non-hydrogen) atoms. The van der Waals surface area contributed by atoms with Crippen molar-refractivity contribution in [2.45, 2.75) is 32.0 Å². The maximum absolute atomic E-state index is 13.7. The minimum absolute atomic E-state index is 0.114. The first-order valence-electron chi connectivity index (χ1n) is 9.39. The topological polar surface area (TPSA) is 45.7 Å². The fraction of sp³-hybridized carbons (Fsp3) is 0.429. The molecule has 1 aromatic carbocycles. The van der Waals surface area contributed by atoms with E-state index >= 15 is 0 Å². The number of amides is 1. The fourth-order valence-corrected chi connectivity index (χ4v) is 4.18. The molecule has 2 atom stereocenters. The van der Waals surface area contributed by atoms with Gasteiger partial charge in [0, 0.05) is 19.3 Å². The molecule has 1 amide bonds. The number of halogens is 1. The zero-order valence-corrected chi connectivity index (χ0v) is 15.5. The first-order chi connectivity index (χ1) is 13.1. The Hall–Kier alpha value is -2.47. The summed E-state index contributed by atoms with van der Waals surface area (Å²) in [4.78, 5) is 21.6. The molecule has 2 aromatic rings. The highest BCUT2D eigenvalue weighted by molar-refractivity contribution is 5.83. The molecular weight excluding hydrogens is 345 g/mol. The summed E-state index contributed by atoms with van der Waals surface area (Å²) in [7, 11) is 1.47. The maximum Gasteiger partial charge on any atom is 0.240 e. The molecule has 3 heterocycles. The lowest BCUT2D eigenvalue weighted by Crippen LogP contribution is -2.58. The largest absolute Gasteiger partial charge is 0.494 e. The Balaban J connectivity index is 1.49. The van der Waals surface area contributed by atoms with Crippen molar-refractivity contribution in [2.75, 3.05) is 20.2 Å². The van der Waals surface area contributed by atoms with Crippen LogP contribution in [0.1, 0.15) is 24.1 Å². The van der Waals surface area contributed by atoms with E-state index in [1.165, 1.54) is 13.2 Å². The van der Waals surface area contributed by atoms with Gasteiger partial charge in [-0.2, -0.15) is 0 Å². The van der Waals surface area contributed by atoms with Gasteiger partial charge in [0.2, 0.25) is 5.91 Å². The van der Waals surface area contributed by atoms with Gasteiger partial charge in [-0.05, 0) is 55.1 Å². The zero-order valence-electron chi connectivity index (χ0n) is 15.5. The third kappa shape index (κ3) is 3.81. The lowest BCUT2D eigenvalue weighted by molar-refractivity contribution is -0.146. The quantitative estimate of drug-likeness (QED) is 0.813. The third-order valence-corrected chi connectivity index (χ3v) is 5.58. The van der Waals surface area contributed by atoms with E-state index < -0.39 is 0 Å². The monoisotopic (exact) mass is 369 g/mol. The number of ether oxygens (including phenoxy) is 1. The van der Waals surface area contributed by atoms with Crippen molar-refractivity contribution in [1.82, 2.24) is 14.8 Å². The number of methoxy groups -OCH3 is 1. The molecule has 5 nitrogen and oxygen atoms in total. The number of fused-ring (bicyclic) bond motifs is 2. The van der Waals surface area contributed by atoms with Crippen molar-refractivity contribution < 1.29 is 13.9 Å². The van der Waals surface area contributed by atoms with E-state index in [0.29, 0.717) is 19.0 Å². The lowest BCUT2D eigenvalue weighted by atomic mass is 9.85. The molecule has 2 aliphatic heterocycles. The third-order valence-electron chi connectivity index (χ3n) is 5.58. The Labute approximate surface area is 158 Å². The SMILES string of the molecule is COc1cc(CN2CC[C@H]3C[C@@H]2C(=O)N(Cc2ccccn2)C3)ccc1F. The average Bonchev–Trinajstić information content (AvgIpc) is 2.69. The number of carbonyl (C=O) groups excluding carboxylic acids is 1. The van der Waals surface area contributed by atoms with Gasteiger partial charge in [-0.25, -0.2) is 4.39 Å². The molecular formula is C21H24FN3O2. The number of rotatable bonds is 5. The van der Waals surface area contributed by atoms with Crippen molar-refractivity contribution in [3.63, 3.8) is 0 Å². The molecule has 2 bridgehead atoms. The minimum atomic E-state index is -0.366. The van der Waals surface area contributed by atoms with Gasteiger partial charge in [-0.1, -0.05) is 12.1 Å². The number of pyridine rings is 1. The Kier molecular flexibility index (Phi) is 5.07. The highest BCUT2D eigenvalue weighted by Crippen LogP contribution is 2.32. The zero-order chi connectivity index (χ0) is 18.8. The van der Waals surface area contributed by atoms with E-state index in [9.17, 15) is 9.18 Å². The molecule has 0 saturated carbocycles. The van der Waals surface area contributed by atoms with Gasteiger partial charge in [-0.15, -0.1) is 0 Å². The number of likely N-dealkylation sites (tertiary alicyclic amines) is 2. The highest BCUT2D eigenvalue weighted by atomic mass is 19.1. The summed E-state index contributed by atoms with van der Waals surface area (Å²) in [5.41, 5.74) is 1.88. The van der Waals surface area contributed by atoms with E-state index in [0.717, 1.165) is 37.2 Å². The van der Waals surface area contributed by atoms with Crippen LogP contribution in [0.2, 0.25) is 0 Å². The summed E-state index contributed by atoms with van der Waals surface area (Å²) in [5.74, 6) is 0.588. The Morgan fingerprint density at radius 2 is 2.15 bits per heavy atom. The second-order valence-corrected chi connectivity index (χ2v) is 7.39. The average molecular weight is 369 g/mol.